The van der Waals surface area contributed by atoms with Gasteiger partial charge in [0.2, 0.25) is 0 Å². The van der Waals surface area contributed by atoms with E-state index >= 15 is 0 Å². The summed E-state index contributed by atoms with van der Waals surface area (Å²) in [5.74, 6) is -0.0818. The fourth-order valence-corrected chi connectivity index (χ4v) is 4.17. The highest BCUT2D eigenvalue weighted by atomic mass is 32.1. The van der Waals surface area contributed by atoms with Crippen LogP contribution in [0.15, 0.2) is 30.3 Å². The molecule has 27 heavy (non-hydrogen) atoms. The molecule has 1 amide bonds. The molecule has 7 heteroatoms. The standard InChI is InChI=1S/C20H21N5OS/c1-10(2)14-13(9-21)18(23)25-20-15(14)16(22)17(27-20)19(26)24-11(3)12-7-5-4-6-8-12/h4-8,10-11H,22H2,1-3H3,(H2,23,25)(H,24,26). The Kier molecular flexibility index (Phi) is 5.02. The second-order valence-electron chi connectivity index (χ2n) is 6.68. The molecule has 0 fully saturated rings. The van der Waals surface area contributed by atoms with Crippen LogP contribution in [0.2, 0.25) is 0 Å². The number of carbonyl (C=O) groups excluding carboxylic acids is 1. The number of nitrogens with two attached hydrogens (primary N) is 2. The number of nitrogens with one attached hydrogen (secondary N) is 1. The Labute approximate surface area is 161 Å². The smallest absolute Gasteiger partial charge is 0.264 e. The third-order valence-electron chi connectivity index (χ3n) is 4.49. The number of benzene rings is 1. The number of pyridine rings is 1. The molecule has 0 bridgehead atoms. The van der Waals surface area contributed by atoms with E-state index in [2.05, 4.69) is 16.4 Å². The van der Waals surface area contributed by atoms with E-state index < -0.39 is 0 Å². The van der Waals surface area contributed by atoms with Crippen LogP contribution in [0, 0.1) is 11.3 Å². The maximum absolute atomic E-state index is 12.8. The molecular weight excluding hydrogens is 358 g/mol. The lowest BCUT2D eigenvalue weighted by Gasteiger charge is -2.14. The second-order valence-corrected chi connectivity index (χ2v) is 7.68. The van der Waals surface area contributed by atoms with Gasteiger partial charge in [0.25, 0.3) is 5.91 Å². The summed E-state index contributed by atoms with van der Waals surface area (Å²) in [4.78, 5) is 18.1. The summed E-state index contributed by atoms with van der Waals surface area (Å²) in [6.07, 6.45) is 0. The lowest BCUT2D eigenvalue weighted by Crippen LogP contribution is -2.26. The first kappa shape index (κ1) is 18.7. The minimum absolute atomic E-state index is 0.0171. The molecule has 2 heterocycles. The lowest BCUT2D eigenvalue weighted by atomic mass is 9.95. The molecule has 6 nitrogen and oxygen atoms in total. The van der Waals surface area contributed by atoms with Gasteiger partial charge in [0, 0.05) is 5.39 Å². The van der Waals surface area contributed by atoms with Crippen molar-refractivity contribution in [3.8, 4) is 6.07 Å². The van der Waals surface area contributed by atoms with Gasteiger partial charge in [-0.15, -0.1) is 11.3 Å². The predicted octanol–water partition coefficient (Wildman–Crippen LogP) is 3.95. The number of nitrogens with zero attached hydrogens (tertiary/aromatic N) is 2. The quantitative estimate of drug-likeness (QED) is 0.634. The molecular formula is C20H21N5OS. The molecule has 0 radical (unpaired) electrons. The van der Waals surface area contributed by atoms with Gasteiger partial charge in [0.1, 0.15) is 21.6 Å². The first-order valence-corrected chi connectivity index (χ1v) is 9.44. The van der Waals surface area contributed by atoms with Crippen LogP contribution < -0.4 is 16.8 Å². The molecule has 0 saturated heterocycles. The summed E-state index contributed by atoms with van der Waals surface area (Å²) in [6.45, 7) is 5.84. The molecule has 3 aromatic rings. The fourth-order valence-electron chi connectivity index (χ4n) is 3.15. The number of fused-ring (bicyclic) bond motifs is 1. The summed E-state index contributed by atoms with van der Waals surface area (Å²) in [7, 11) is 0. The molecule has 0 aliphatic rings. The number of hydrogen-bond donors (Lipinski definition) is 3. The van der Waals surface area contributed by atoms with Gasteiger partial charge in [-0.1, -0.05) is 44.2 Å². The zero-order chi connectivity index (χ0) is 19.7. The van der Waals surface area contributed by atoms with Crippen LogP contribution in [0.4, 0.5) is 11.5 Å². The van der Waals surface area contributed by atoms with Gasteiger partial charge in [-0.25, -0.2) is 4.98 Å². The van der Waals surface area contributed by atoms with Gasteiger partial charge in [0.05, 0.1) is 17.3 Å². The molecule has 0 spiro atoms. The van der Waals surface area contributed by atoms with E-state index in [4.69, 9.17) is 11.5 Å². The van der Waals surface area contributed by atoms with Crippen molar-refractivity contribution in [1.29, 1.82) is 5.26 Å². The van der Waals surface area contributed by atoms with Crippen molar-refractivity contribution >= 4 is 39.0 Å². The first-order chi connectivity index (χ1) is 12.8. The topological polar surface area (TPSA) is 118 Å². The maximum atomic E-state index is 12.8. The third kappa shape index (κ3) is 3.32. The Morgan fingerprint density at radius 3 is 2.48 bits per heavy atom. The minimum atomic E-state index is -0.265. The highest BCUT2D eigenvalue weighted by Crippen LogP contribution is 2.40. The van der Waals surface area contributed by atoms with Crippen molar-refractivity contribution in [3.63, 3.8) is 0 Å². The summed E-state index contributed by atoms with van der Waals surface area (Å²) in [5.41, 5.74) is 14.7. The number of rotatable bonds is 4. The lowest BCUT2D eigenvalue weighted by molar-refractivity contribution is 0.0945. The number of anilines is 2. The van der Waals surface area contributed by atoms with Crippen molar-refractivity contribution < 1.29 is 4.79 Å². The Hall–Kier alpha value is -3.11. The molecule has 1 unspecified atom stereocenters. The Bertz CT molecular complexity index is 1050. The van der Waals surface area contributed by atoms with Crippen LogP contribution in [0.1, 0.15) is 59.1 Å². The highest BCUT2D eigenvalue weighted by Gasteiger charge is 2.25. The average Bonchev–Trinajstić information content (AvgIpc) is 2.97. The number of thiophene rings is 1. The van der Waals surface area contributed by atoms with Crippen LogP contribution in [0.25, 0.3) is 10.2 Å². The van der Waals surface area contributed by atoms with Crippen LogP contribution >= 0.6 is 11.3 Å². The molecule has 2 aromatic heterocycles. The van der Waals surface area contributed by atoms with Crippen molar-refractivity contribution in [2.45, 2.75) is 32.7 Å². The van der Waals surface area contributed by atoms with Crippen molar-refractivity contribution in [2.75, 3.05) is 11.5 Å². The largest absolute Gasteiger partial charge is 0.397 e. The summed E-state index contributed by atoms with van der Waals surface area (Å²) >= 11 is 1.20. The van der Waals surface area contributed by atoms with Gasteiger partial charge in [-0.3, -0.25) is 4.79 Å². The monoisotopic (exact) mass is 379 g/mol. The van der Waals surface area contributed by atoms with E-state index in [-0.39, 0.29) is 23.7 Å². The minimum Gasteiger partial charge on any atom is -0.397 e. The Morgan fingerprint density at radius 1 is 1.22 bits per heavy atom. The second kappa shape index (κ2) is 7.25. The van der Waals surface area contributed by atoms with Gasteiger partial charge >= 0.3 is 0 Å². The molecule has 138 valence electrons. The van der Waals surface area contributed by atoms with Crippen LogP contribution in [-0.2, 0) is 0 Å². The average molecular weight is 379 g/mol. The molecule has 3 rings (SSSR count). The van der Waals surface area contributed by atoms with Gasteiger partial charge in [-0.2, -0.15) is 5.26 Å². The maximum Gasteiger partial charge on any atom is 0.264 e. The molecule has 0 aliphatic carbocycles. The van der Waals surface area contributed by atoms with Crippen LogP contribution in [0.5, 0.6) is 0 Å². The molecule has 1 atom stereocenters. The summed E-state index contributed by atoms with van der Waals surface area (Å²) < 4.78 is 0. The van der Waals surface area contributed by atoms with Gasteiger partial charge in [0.15, 0.2) is 0 Å². The van der Waals surface area contributed by atoms with E-state index in [1.807, 2.05) is 51.1 Å². The van der Waals surface area contributed by atoms with Crippen molar-refractivity contribution in [3.05, 3.63) is 51.9 Å². The van der Waals surface area contributed by atoms with Crippen LogP contribution in [0.3, 0.4) is 0 Å². The van der Waals surface area contributed by atoms with E-state index in [0.717, 1.165) is 11.1 Å². The van der Waals surface area contributed by atoms with Gasteiger partial charge < -0.3 is 16.8 Å². The van der Waals surface area contributed by atoms with E-state index in [1.165, 1.54) is 11.3 Å². The van der Waals surface area contributed by atoms with E-state index in [0.29, 0.717) is 26.3 Å². The number of nitrogen functional groups attached to an aromatic ring is 2. The highest BCUT2D eigenvalue weighted by molar-refractivity contribution is 7.21. The zero-order valence-corrected chi connectivity index (χ0v) is 16.2. The molecule has 1 aromatic carbocycles. The van der Waals surface area contributed by atoms with E-state index in [9.17, 15) is 10.1 Å². The number of carbonyl (C=O) groups is 1. The summed E-state index contributed by atoms with van der Waals surface area (Å²) in [6, 6.07) is 11.6. The Balaban J connectivity index is 2.06. The number of amides is 1. The number of aromatic nitrogens is 1. The number of nitriles is 1. The predicted molar refractivity (Wildman–Crippen MR) is 110 cm³/mol. The first-order valence-electron chi connectivity index (χ1n) is 8.62. The zero-order valence-electron chi connectivity index (χ0n) is 15.4. The Morgan fingerprint density at radius 2 is 1.89 bits per heavy atom. The van der Waals surface area contributed by atoms with E-state index in [1.54, 1.807) is 0 Å². The molecule has 0 aliphatic heterocycles. The van der Waals surface area contributed by atoms with Crippen molar-refractivity contribution in [2.24, 2.45) is 0 Å². The number of hydrogen-bond acceptors (Lipinski definition) is 6. The molecule has 5 N–H and O–H groups in total. The van der Waals surface area contributed by atoms with Gasteiger partial charge in [-0.05, 0) is 24.0 Å². The van der Waals surface area contributed by atoms with Crippen molar-refractivity contribution in [1.82, 2.24) is 10.3 Å². The van der Waals surface area contributed by atoms with Crippen LogP contribution in [-0.4, -0.2) is 10.9 Å². The third-order valence-corrected chi connectivity index (χ3v) is 5.58. The SMILES string of the molecule is CC(C)c1c(C#N)c(N)nc2sc(C(=O)NC(C)c3ccccc3)c(N)c12. The summed E-state index contributed by atoms with van der Waals surface area (Å²) in [5, 5.41) is 13.1. The normalized spacial score (nSPS) is 12.1. The fraction of sp³-hybridized carbons (Fsp3) is 0.250. The molecule has 0 saturated carbocycles.